The quantitative estimate of drug-likeness (QED) is 0.722. The number of alkyl halides is 2. The van der Waals surface area contributed by atoms with Crippen LogP contribution in [0.3, 0.4) is 0 Å². The van der Waals surface area contributed by atoms with Gasteiger partial charge in [0, 0.05) is 19.5 Å². The average Bonchev–Trinajstić information content (AvgIpc) is 2.98. The molecule has 3 rings (SSSR count). The lowest BCUT2D eigenvalue weighted by Crippen LogP contribution is -2.55. The first kappa shape index (κ1) is 12.3. The molecule has 1 spiro atoms. The van der Waals surface area contributed by atoms with Crippen molar-refractivity contribution in [2.45, 2.75) is 50.0 Å². The largest absolute Gasteiger partial charge is 0.371 e. The fourth-order valence-electron chi connectivity index (χ4n) is 3.23. The van der Waals surface area contributed by atoms with Crippen molar-refractivity contribution in [1.82, 2.24) is 4.90 Å². The Bertz CT molecular complexity index is 347. The van der Waals surface area contributed by atoms with Crippen molar-refractivity contribution in [3.8, 4) is 0 Å². The first-order valence-corrected chi connectivity index (χ1v) is 6.83. The summed E-state index contributed by atoms with van der Waals surface area (Å²) >= 11 is 0. The highest BCUT2D eigenvalue weighted by Crippen LogP contribution is 2.50. The molecular weight excluding hydrogens is 240 g/mol. The Morgan fingerprint density at radius 3 is 2.50 bits per heavy atom. The van der Waals surface area contributed by atoms with E-state index in [2.05, 4.69) is 0 Å². The molecule has 0 unspecified atom stereocenters. The van der Waals surface area contributed by atoms with E-state index in [4.69, 9.17) is 4.74 Å². The number of nitrogens with zero attached hydrogens (tertiary/aromatic N) is 1. The molecule has 5 heteroatoms. The predicted octanol–water partition coefficient (Wildman–Crippen LogP) is 2.20. The van der Waals surface area contributed by atoms with Crippen LogP contribution in [-0.2, 0) is 9.53 Å². The van der Waals surface area contributed by atoms with E-state index in [-0.39, 0.29) is 17.9 Å². The lowest BCUT2D eigenvalue weighted by Gasteiger charge is -2.45. The number of halogens is 2. The van der Waals surface area contributed by atoms with Crippen LogP contribution in [0.4, 0.5) is 8.78 Å². The van der Waals surface area contributed by atoms with Gasteiger partial charge in [-0.2, -0.15) is 0 Å². The van der Waals surface area contributed by atoms with E-state index >= 15 is 0 Å². The molecule has 1 aliphatic heterocycles. The van der Waals surface area contributed by atoms with Crippen LogP contribution in [0.15, 0.2) is 0 Å². The molecule has 1 atom stereocenters. The monoisotopic (exact) mass is 259 g/mol. The summed E-state index contributed by atoms with van der Waals surface area (Å²) in [6, 6.07) is 0. The van der Waals surface area contributed by atoms with Gasteiger partial charge in [-0.15, -0.1) is 0 Å². The van der Waals surface area contributed by atoms with E-state index in [0.717, 1.165) is 25.7 Å². The van der Waals surface area contributed by atoms with Gasteiger partial charge < -0.3 is 9.64 Å². The van der Waals surface area contributed by atoms with Crippen LogP contribution in [0.25, 0.3) is 0 Å². The summed E-state index contributed by atoms with van der Waals surface area (Å²) < 4.78 is 31.8. The van der Waals surface area contributed by atoms with Gasteiger partial charge in [-0.05, 0) is 12.8 Å². The van der Waals surface area contributed by atoms with Crippen molar-refractivity contribution in [2.75, 3.05) is 19.7 Å². The zero-order valence-corrected chi connectivity index (χ0v) is 10.5. The number of ether oxygens (including phenoxy) is 1. The second-order valence-corrected chi connectivity index (χ2v) is 5.87. The van der Waals surface area contributed by atoms with Crippen LogP contribution in [0.2, 0.25) is 0 Å². The fraction of sp³-hybridized carbons (Fsp3) is 0.923. The van der Waals surface area contributed by atoms with Gasteiger partial charge in [-0.25, -0.2) is 8.78 Å². The SMILES string of the molecule is O=C([C@@H]1CC1(F)F)N1CCOC2(CCCCC2)C1. The third-order valence-electron chi connectivity index (χ3n) is 4.45. The third kappa shape index (κ3) is 2.13. The first-order valence-electron chi connectivity index (χ1n) is 6.83. The molecule has 102 valence electrons. The Kier molecular flexibility index (Phi) is 2.84. The lowest BCUT2D eigenvalue weighted by atomic mass is 9.83. The highest BCUT2D eigenvalue weighted by molar-refractivity contribution is 5.83. The molecule has 3 aliphatic rings. The zero-order chi connectivity index (χ0) is 12.8. The minimum absolute atomic E-state index is 0.240. The van der Waals surface area contributed by atoms with Crippen LogP contribution in [-0.4, -0.2) is 42.0 Å². The Hall–Kier alpha value is -0.710. The highest BCUT2D eigenvalue weighted by Gasteiger charge is 2.62. The van der Waals surface area contributed by atoms with E-state index < -0.39 is 11.8 Å². The molecule has 0 N–H and O–H groups in total. The van der Waals surface area contributed by atoms with Gasteiger partial charge in [0.15, 0.2) is 0 Å². The molecule has 2 aliphatic carbocycles. The van der Waals surface area contributed by atoms with Crippen LogP contribution in [0.5, 0.6) is 0 Å². The number of rotatable bonds is 1. The van der Waals surface area contributed by atoms with Gasteiger partial charge >= 0.3 is 0 Å². The number of carbonyl (C=O) groups excluding carboxylic acids is 1. The molecule has 1 heterocycles. The Balaban J connectivity index is 1.65. The van der Waals surface area contributed by atoms with Crippen molar-refractivity contribution in [1.29, 1.82) is 0 Å². The molecule has 0 aromatic heterocycles. The summed E-state index contributed by atoms with van der Waals surface area (Å²) in [5.74, 6) is -4.18. The van der Waals surface area contributed by atoms with Crippen molar-refractivity contribution in [3.63, 3.8) is 0 Å². The number of carbonyl (C=O) groups is 1. The zero-order valence-electron chi connectivity index (χ0n) is 10.5. The topological polar surface area (TPSA) is 29.5 Å². The Morgan fingerprint density at radius 1 is 1.22 bits per heavy atom. The van der Waals surface area contributed by atoms with Gasteiger partial charge in [-0.3, -0.25) is 4.79 Å². The minimum Gasteiger partial charge on any atom is -0.371 e. The minimum atomic E-state index is -2.75. The summed E-state index contributed by atoms with van der Waals surface area (Å²) in [4.78, 5) is 13.6. The van der Waals surface area contributed by atoms with Gasteiger partial charge in [0.1, 0.15) is 5.92 Å². The molecule has 3 nitrogen and oxygen atoms in total. The highest BCUT2D eigenvalue weighted by atomic mass is 19.3. The number of amides is 1. The predicted molar refractivity (Wildman–Crippen MR) is 61.4 cm³/mol. The van der Waals surface area contributed by atoms with Crippen molar-refractivity contribution in [2.24, 2.45) is 5.92 Å². The summed E-state index contributed by atoms with van der Waals surface area (Å²) in [5, 5.41) is 0. The molecule has 1 amide bonds. The summed E-state index contributed by atoms with van der Waals surface area (Å²) in [7, 11) is 0. The van der Waals surface area contributed by atoms with Crippen LogP contribution in [0, 0.1) is 5.92 Å². The Morgan fingerprint density at radius 2 is 1.89 bits per heavy atom. The molecule has 3 fully saturated rings. The molecule has 18 heavy (non-hydrogen) atoms. The number of hydrogen-bond acceptors (Lipinski definition) is 2. The van der Waals surface area contributed by atoms with E-state index in [9.17, 15) is 13.6 Å². The first-order chi connectivity index (χ1) is 8.53. The van der Waals surface area contributed by atoms with E-state index in [1.54, 1.807) is 4.90 Å². The summed E-state index contributed by atoms with van der Waals surface area (Å²) in [6.45, 7) is 1.47. The van der Waals surface area contributed by atoms with Gasteiger partial charge in [0.25, 0.3) is 5.92 Å². The fourth-order valence-corrected chi connectivity index (χ4v) is 3.23. The van der Waals surface area contributed by atoms with Crippen molar-refractivity contribution < 1.29 is 18.3 Å². The molecule has 2 saturated carbocycles. The van der Waals surface area contributed by atoms with Crippen LogP contribution in [0.1, 0.15) is 38.5 Å². The van der Waals surface area contributed by atoms with Crippen LogP contribution >= 0.6 is 0 Å². The average molecular weight is 259 g/mol. The molecule has 0 bridgehead atoms. The Labute approximate surface area is 105 Å². The summed E-state index contributed by atoms with van der Waals surface area (Å²) in [6.07, 6.45) is 5.08. The lowest BCUT2D eigenvalue weighted by molar-refractivity contribution is -0.159. The van der Waals surface area contributed by atoms with Gasteiger partial charge in [0.2, 0.25) is 5.91 Å². The van der Waals surface area contributed by atoms with Crippen LogP contribution < -0.4 is 0 Å². The second-order valence-electron chi connectivity index (χ2n) is 5.87. The van der Waals surface area contributed by atoms with Crippen molar-refractivity contribution in [3.05, 3.63) is 0 Å². The molecule has 1 saturated heterocycles. The second kappa shape index (κ2) is 4.15. The molecular formula is C13H19F2NO2. The van der Waals surface area contributed by atoms with Gasteiger partial charge in [-0.1, -0.05) is 19.3 Å². The van der Waals surface area contributed by atoms with Crippen molar-refractivity contribution >= 4 is 5.91 Å². The maximum Gasteiger partial charge on any atom is 0.260 e. The third-order valence-corrected chi connectivity index (χ3v) is 4.45. The smallest absolute Gasteiger partial charge is 0.260 e. The molecule has 0 aromatic rings. The van der Waals surface area contributed by atoms with E-state index in [0.29, 0.717) is 19.7 Å². The number of hydrogen-bond donors (Lipinski definition) is 0. The standard InChI is InChI=1S/C13H19F2NO2/c14-13(15)8-10(13)11(17)16-6-7-18-12(9-16)4-2-1-3-5-12/h10H,1-9H2/t10-/m0/s1. The normalized spacial score (nSPS) is 33.4. The number of morpholine rings is 1. The van der Waals surface area contributed by atoms with E-state index in [1.807, 2.05) is 0 Å². The van der Waals surface area contributed by atoms with Gasteiger partial charge in [0.05, 0.1) is 12.2 Å². The van der Waals surface area contributed by atoms with E-state index in [1.165, 1.54) is 6.42 Å². The maximum absolute atomic E-state index is 13.0. The maximum atomic E-state index is 13.0. The molecule has 0 radical (unpaired) electrons. The molecule has 0 aromatic carbocycles. The summed E-state index contributed by atoms with van der Waals surface area (Å²) in [5.41, 5.74) is -0.240.